The molecule has 4 heteroatoms. The lowest BCUT2D eigenvalue weighted by Crippen LogP contribution is -2.23. The summed E-state index contributed by atoms with van der Waals surface area (Å²) >= 11 is 0. The molecule has 0 spiro atoms. The number of H-pyrrole nitrogens is 1. The first-order chi connectivity index (χ1) is 9.84. The quantitative estimate of drug-likeness (QED) is 0.871. The number of para-hydroxylation sites is 1. The highest BCUT2D eigenvalue weighted by Gasteiger charge is 2.20. The van der Waals surface area contributed by atoms with E-state index in [9.17, 15) is 4.79 Å². The summed E-state index contributed by atoms with van der Waals surface area (Å²) in [6, 6.07) is 7.87. The van der Waals surface area contributed by atoms with Crippen LogP contribution in [0.5, 0.6) is 0 Å². The number of fused-ring (bicyclic) bond motifs is 1. The predicted molar refractivity (Wildman–Crippen MR) is 80.5 cm³/mol. The van der Waals surface area contributed by atoms with E-state index in [-0.39, 0.29) is 11.8 Å². The number of hydrogen-bond acceptors (Lipinski definition) is 2. The molecule has 0 aliphatic heterocycles. The molecule has 1 amide bonds. The molecule has 2 aromatic rings. The Kier molecular flexibility index (Phi) is 4.00. The second-order valence-electron chi connectivity index (χ2n) is 5.65. The Morgan fingerprint density at radius 1 is 1.10 bits per heavy atom. The van der Waals surface area contributed by atoms with Crippen LogP contribution in [0, 0.1) is 5.92 Å². The second kappa shape index (κ2) is 6.07. The topological polar surface area (TPSA) is 57.8 Å². The van der Waals surface area contributed by atoms with Gasteiger partial charge in [-0.3, -0.25) is 9.89 Å². The highest BCUT2D eigenvalue weighted by molar-refractivity contribution is 6.00. The third-order valence-corrected chi connectivity index (χ3v) is 4.19. The predicted octanol–water partition coefficient (Wildman–Crippen LogP) is 3.86. The standard InChI is InChI=1S/C16H21N3O/c20-16(12-8-4-2-1-3-5-9-12)17-15-13-10-6-7-11-14(13)18-19-15/h6-7,10-12H,1-5,8-9H2,(H2,17,18,19,20). The number of carbonyl (C=O) groups excluding carboxylic acids is 1. The normalized spacial score (nSPS) is 17.6. The Labute approximate surface area is 119 Å². The summed E-state index contributed by atoms with van der Waals surface area (Å²) in [6.07, 6.45) is 8.18. The van der Waals surface area contributed by atoms with Crippen LogP contribution in [-0.2, 0) is 4.79 Å². The number of anilines is 1. The number of benzene rings is 1. The summed E-state index contributed by atoms with van der Waals surface area (Å²) in [5.41, 5.74) is 0.959. The van der Waals surface area contributed by atoms with Crippen LogP contribution in [0.25, 0.3) is 10.9 Å². The van der Waals surface area contributed by atoms with Crippen LogP contribution in [0.4, 0.5) is 5.82 Å². The fourth-order valence-electron chi connectivity index (χ4n) is 3.00. The first-order valence-corrected chi connectivity index (χ1v) is 7.58. The average Bonchev–Trinajstić information content (AvgIpc) is 2.82. The molecule has 106 valence electrons. The number of nitrogens with zero attached hydrogens (tertiary/aromatic N) is 1. The van der Waals surface area contributed by atoms with E-state index < -0.39 is 0 Å². The van der Waals surface area contributed by atoms with E-state index in [4.69, 9.17) is 0 Å². The number of aromatic amines is 1. The Hall–Kier alpha value is -1.84. The van der Waals surface area contributed by atoms with Gasteiger partial charge < -0.3 is 5.32 Å². The van der Waals surface area contributed by atoms with Gasteiger partial charge in [-0.05, 0) is 25.0 Å². The zero-order valence-electron chi connectivity index (χ0n) is 11.7. The summed E-state index contributed by atoms with van der Waals surface area (Å²) in [7, 11) is 0. The second-order valence-corrected chi connectivity index (χ2v) is 5.65. The van der Waals surface area contributed by atoms with Gasteiger partial charge in [-0.15, -0.1) is 0 Å². The van der Waals surface area contributed by atoms with Crippen LogP contribution in [0.2, 0.25) is 0 Å². The number of carbonyl (C=O) groups is 1. The van der Waals surface area contributed by atoms with Gasteiger partial charge >= 0.3 is 0 Å². The number of nitrogens with one attached hydrogen (secondary N) is 2. The van der Waals surface area contributed by atoms with Crippen molar-refractivity contribution in [3.63, 3.8) is 0 Å². The first-order valence-electron chi connectivity index (χ1n) is 7.58. The van der Waals surface area contributed by atoms with Gasteiger partial charge in [0.05, 0.1) is 5.52 Å². The zero-order valence-corrected chi connectivity index (χ0v) is 11.7. The Morgan fingerprint density at radius 2 is 1.80 bits per heavy atom. The van der Waals surface area contributed by atoms with Gasteiger partial charge in [-0.25, -0.2) is 0 Å². The van der Waals surface area contributed by atoms with Crippen molar-refractivity contribution in [1.29, 1.82) is 0 Å². The van der Waals surface area contributed by atoms with Gasteiger partial charge in [-0.2, -0.15) is 5.10 Å². The Balaban J connectivity index is 1.71. The lowest BCUT2D eigenvalue weighted by Gasteiger charge is -2.18. The van der Waals surface area contributed by atoms with Crippen molar-refractivity contribution in [3.05, 3.63) is 24.3 Å². The van der Waals surface area contributed by atoms with E-state index in [0.29, 0.717) is 5.82 Å². The molecule has 0 unspecified atom stereocenters. The molecule has 1 saturated carbocycles. The van der Waals surface area contributed by atoms with Crippen LogP contribution < -0.4 is 5.32 Å². The van der Waals surface area contributed by atoms with Crippen molar-refractivity contribution in [2.45, 2.75) is 44.9 Å². The molecule has 3 rings (SSSR count). The maximum absolute atomic E-state index is 12.4. The summed E-state index contributed by atoms with van der Waals surface area (Å²) < 4.78 is 0. The lowest BCUT2D eigenvalue weighted by molar-refractivity contribution is -0.120. The number of rotatable bonds is 2. The largest absolute Gasteiger partial charge is 0.308 e. The van der Waals surface area contributed by atoms with Crippen molar-refractivity contribution >= 4 is 22.6 Å². The van der Waals surface area contributed by atoms with Crippen LogP contribution in [0.15, 0.2) is 24.3 Å². The van der Waals surface area contributed by atoms with Gasteiger partial charge in [0.15, 0.2) is 5.82 Å². The van der Waals surface area contributed by atoms with E-state index in [1.165, 1.54) is 32.1 Å². The summed E-state index contributed by atoms with van der Waals surface area (Å²) in [5.74, 6) is 0.933. The van der Waals surface area contributed by atoms with Crippen LogP contribution in [0.3, 0.4) is 0 Å². The molecule has 2 N–H and O–H groups in total. The maximum Gasteiger partial charge on any atom is 0.228 e. The molecule has 1 aliphatic carbocycles. The van der Waals surface area contributed by atoms with E-state index in [0.717, 1.165) is 23.7 Å². The smallest absolute Gasteiger partial charge is 0.228 e. The highest BCUT2D eigenvalue weighted by atomic mass is 16.1. The van der Waals surface area contributed by atoms with Crippen LogP contribution in [0.1, 0.15) is 44.9 Å². The number of amides is 1. The van der Waals surface area contributed by atoms with Gasteiger partial charge in [0.25, 0.3) is 0 Å². The van der Waals surface area contributed by atoms with Crippen LogP contribution in [-0.4, -0.2) is 16.1 Å². The van der Waals surface area contributed by atoms with Crippen molar-refractivity contribution < 1.29 is 4.79 Å². The fraction of sp³-hybridized carbons (Fsp3) is 0.500. The summed E-state index contributed by atoms with van der Waals surface area (Å²) in [4.78, 5) is 12.4. The molecule has 0 bridgehead atoms. The lowest BCUT2D eigenvalue weighted by atomic mass is 9.90. The minimum Gasteiger partial charge on any atom is -0.308 e. The molecule has 0 radical (unpaired) electrons. The monoisotopic (exact) mass is 271 g/mol. The molecule has 0 saturated heterocycles. The Bertz CT molecular complexity index is 582. The molecule has 0 atom stereocenters. The van der Waals surface area contributed by atoms with E-state index in [1.54, 1.807) is 0 Å². The van der Waals surface area contributed by atoms with E-state index in [2.05, 4.69) is 15.5 Å². The maximum atomic E-state index is 12.4. The minimum absolute atomic E-state index is 0.129. The summed E-state index contributed by atoms with van der Waals surface area (Å²) in [5, 5.41) is 11.1. The zero-order chi connectivity index (χ0) is 13.8. The molecular formula is C16H21N3O. The highest BCUT2D eigenvalue weighted by Crippen LogP contribution is 2.25. The van der Waals surface area contributed by atoms with E-state index in [1.807, 2.05) is 24.3 Å². The average molecular weight is 271 g/mol. The number of aromatic nitrogens is 2. The van der Waals surface area contributed by atoms with Gasteiger partial charge in [0.2, 0.25) is 5.91 Å². The van der Waals surface area contributed by atoms with Gasteiger partial charge in [0.1, 0.15) is 0 Å². The SMILES string of the molecule is O=C(Nc1n[nH]c2ccccc12)C1CCCCCCC1. The molecule has 1 aromatic heterocycles. The Morgan fingerprint density at radius 3 is 2.60 bits per heavy atom. The molecule has 1 aromatic carbocycles. The third kappa shape index (κ3) is 2.84. The number of hydrogen-bond donors (Lipinski definition) is 2. The molecule has 20 heavy (non-hydrogen) atoms. The molecule has 4 nitrogen and oxygen atoms in total. The van der Waals surface area contributed by atoms with Crippen LogP contribution >= 0.6 is 0 Å². The van der Waals surface area contributed by atoms with Gasteiger partial charge in [0, 0.05) is 11.3 Å². The van der Waals surface area contributed by atoms with Crippen molar-refractivity contribution in [2.75, 3.05) is 5.32 Å². The molecule has 1 aliphatic rings. The van der Waals surface area contributed by atoms with Crippen molar-refractivity contribution in [1.82, 2.24) is 10.2 Å². The molecular weight excluding hydrogens is 250 g/mol. The van der Waals surface area contributed by atoms with Crippen molar-refractivity contribution in [3.8, 4) is 0 Å². The fourth-order valence-corrected chi connectivity index (χ4v) is 3.00. The van der Waals surface area contributed by atoms with Crippen molar-refractivity contribution in [2.24, 2.45) is 5.92 Å². The first kappa shape index (κ1) is 13.2. The minimum atomic E-state index is 0.129. The van der Waals surface area contributed by atoms with E-state index >= 15 is 0 Å². The summed E-state index contributed by atoms with van der Waals surface area (Å²) in [6.45, 7) is 0. The molecule has 1 heterocycles. The third-order valence-electron chi connectivity index (χ3n) is 4.19. The molecule has 1 fully saturated rings. The van der Waals surface area contributed by atoms with Gasteiger partial charge in [-0.1, -0.05) is 44.2 Å².